The second-order valence-electron chi connectivity index (χ2n) is 6.03. The Morgan fingerprint density at radius 1 is 1.00 bits per heavy atom. The van der Waals surface area contributed by atoms with E-state index in [-0.39, 0.29) is 0 Å². The molecule has 0 saturated carbocycles. The zero-order valence-electron chi connectivity index (χ0n) is 12.7. The molecule has 112 valence electrons. The van der Waals surface area contributed by atoms with E-state index in [1.807, 2.05) is 23.6 Å². The Labute approximate surface area is 135 Å². The molecule has 0 bridgehead atoms. The number of nitrogens with zero attached hydrogens (tertiary/aromatic N) is 2. The van der Waals surface area contributed by atoms with Crippen molar-refractivity contribution in [1.82, 2.24) is 9.88 Å². The average molecular weight is 308 g/mol. The summed E-state index contributed by atoms with van der Waals surface area (Å²) in [5, 5.41) is 0. The van der Waals surface area contributed by atoms with Gasteiger partial charge in [0.1, 0.15) is 0 Å². The molecule has 2 nitrogen and oxygen atoms in total. The van der Waals surface area contributed by atoms with Crippen LogP contribution in [0.2, 0.25) is 0 Å². The zero-order chi connectivity index (χ0) is 14.8. The monoisotopic (exact) mass is 308 g/mol. The highest BCUT2D eigenvalue weighted by Gasteiger charge is 2.11. The van der Waals surface area contributed by atoms with Crippen molar-refractivity contribution in [3.05, 3.63) is 54.2 Å². The lowest BCUT2D eigenvalue weighted by atomic mass is 10.1. The highest BCUT2D eigenvalue weighted by molar-refractivity contribution is 7.22. The Morgan fingerprint density at radius 2 is 1.91 bits per heavy atom. The van der Waals surface area contributed by atoms with Crippen LogP contribution in [0, 0.1) is 0 Å². The number of hydrogen-bond acceptors (Lipinski definition) is 3. The van der Waals surface area contributed by atoms with Crippen LogP contribution >= 0.6 is 11.3 Å². The fourth-order valence-electron chi connectivity index (χ4n) is 3.21. The standard InChI is InChI=1S/C19H20N2S/c1-2-10-21(11-3-1)14-15-6-4-7-16(12-15)19-13-17-18(22-19)8-5-9-20-17/h4-9,12-13H,1-3,10-11,14H2. The summed E-state index contributed by atoms with van der Waals surface area (Å²) in [4.78, 5) is 8.34. The summed E-state index contributed by atoms with van der Waals surface area (Å²) in [5.41, 5.74) is 3.84. The van der Waals surface area contributed by atoms with Crippen molar-refractivity contribution in [2.24, 2.45) is 0 Å². The zero-order valence-corrected chi connectivity index (χ0v) is 13.5. The fraction of sp³-hybridized carbons (Fsp3) is 0.316. The van der Waals surface area contributed by atoms with E-state index in [4.69, 9.17) is 0 Å². The van der Waals surface area contributed by atoms with Crippen LogP contribution in [0.5, 0.6) is 0 Å². The topological polar surface area (TPSA) is 16.1 Å². The van der Waals surface area contributed by atoms with E-state index in [9.17, 15) is 0 Å². The van der Waals surface area contributed by atoms with Gasteiger partial charge in [0.2, 0.25) is 0 Å². The van der Waals surface area contributed by atoms with E-state index in [1.54, 1.807) is 0 Å². The predicted molar refractivity (Wildman–Crippen MR) is 94.2 cm³/mol. The summed E-state index contributed by atoms with van der Waals surface area (Å²) in [7, 11) is 0. The maximum absolute atomic E-state index is 4.45. The number of likely N-dealkylation sites (tertiary alicyclic amines) is 1. The molecule has 4 rings (SSSR count). The molecule has 1 aliphatic rings. The number of benzene rings is 1. The van der Waals surface area contributed by atoms with Crippen LogP contribution in [0.3, 0.4) is 0 Å². The van der Waals surface area contributed by atoms with Crippen molar-refractivity contribution in [3.8, 4) is 10.4 Å². The maximum Gasteiger partial charge on any atom is 0.0816 e. The molecule has 22 heavy (non-hydrogen) atoms. The molecule has 1 fully saturated rings. The molecule has 0 atom stereocenters. The van der Waals surface area contributed by atoms with E-state index < -0.39 is 0 Å². The van der Waals surface area contributed by atoms with Gasteiger partial charge in [-0.3, -0.25) is 9.88 Å². The van der Waals surface area contributed by atoms with Crippen LogP contribution in [-0.4, -0.2) is 23.0 Å². The van der Waals surface area contributed by atoms with Crippen LogP contribution in [0.1, 0.15) is 24.8 Å². The average Bonchev–Trinajstić information content (AvgIpc) is 3.00. The third kappa shape index (κ3) is 2.92. The summed E-state index contributed by atoms with van der Waals surface area (Å²) in [6.45, 7) is 3.57. The summed E-state index contributed by atoms with van der Waals surface area (Å²) in [6, 6.07) is 15.4. The molecule has 0 amide bonds. The van der Waals surface area contributed by atoms with Crippen LogP contribution in [0.4, 0.5) is 0 Å². The van der Waals surface area contributed by atoms with E-state index >= 15 is 0 Å². The van der Waals surface area contributed by atoms with Crippen LogP contribution in [-0.2, 0) is 6.54 Å². The molecule has 0 N–H and O–H groups in total. The second-order valence-corrected chi connectivity index (χ2v) is 7.12. The van der Waals surface area contributed by atoms with Crippen molar-refractivity contribution in [1.29, 1.82) is 0 Å². The fourth-order valence-corrected chi connectivity index (χ4v) is 4.23. The number of rotatable bonds is 3. The SMILES string of the molecule is c1cc(CN2CCCCC2)cc(-c2cc3ncccc3s2)c1. The van der Waals surface area contributed by atoms with Gasteiger partial charge in [-0.15, -0.1) is 11.3 Å². The van der Waals surface area contributed by atoms with Crippen molar-refractivity contribution < 1.29 is 0 Å². The van der Waals surface area contributed by atoms with Crippen LogP contribution < -0.4 is 0 Å². The first-order valence-electron chi connectivity index (χ1n) is 8.05. The summed E-state index contributed by atoms with van der Waals surface area (Å²) in [5.74, 6) is 0. The number of thiophene rings is 1. The smallest absolute Gasteiger partial charge is 0.0816 e. The molecule has 1 aliphatic heterocycles. The lowest BCUT2D eigenvalue weighted by Crippen LogP contribution is -2.29. The Bertz CT molecular complexity index is 739. The van der Waals surface area contributed by atoms with Gasteiger partial charge in [-0.05, 0) is 61.3 Å². The Hall–Kier alpha value is -1.71. The highest BCUT2D eigenvalue weighted by atomic mass is 32.1. The molecule has 3 heterocycles. The Kier molecular flexibility index (Phi) is 3.92. The largest absolute Gasteiger partial charge is 0.299 e. The summed E-state index contributed by atoms with van der Waals surface area (Å²) in [6.07, 6.45) is 5.96. The minimum Gasteiger partial charge on any atom is -0.299 e. The van der Waals surface area contributed by atoms with E-state index in [2.05, 4.69) is 46.3 Å². The normalized spacial score (nSPS) is 16.2. The van der Waals surface area contributed by atoms with Gasteiger partial charge in [0.25, 0.3) is 0 Å². The molecule has 1 saturated heterocycles. The van der Waals surface area contributed by atoms with Gasteiger partial charge in [-0.2, -0.15) is 0 Å². The van der Waals surface area contributed by atoms with Gasteiger partial charge in [0.15, 0.2) is 0 Å². The second kappa shape index (κ2) is 6.19. The van der Waals surface area contributed by atoms with E-state index in [1.165, 1.54) is 53.1 Å². The van der Waals surface area contributed by atoms with Gasteiger partial charge in [0.05, 0.1) is 10.2 Å². The molecule has 3 heteroatoms. The molecule has 0 aliphatic carbocycles. The van der Waals surface area contributed by atoms with Crippen molar-refractivity contribution in [2.75, 3.05) is 13.1 Å². The molecule has 0 spiro atoms. The first kappa shape index (κ1) is 13.9. The first-order chi connectivity index (χ1) is 10.9. The molecular formula is C19H20N2S. The number of aromatic nitrogens is 1. The van der Waals surface area contributed by atoms with Crippen molar-refractivity contribution >= 4 is 21.6 Å². The minimum absolute atomic E-state index is 1.08. The predicted octanol–water partition coefficient (Wildman–Crippen LogP) is 4.95. The lowest BCUT2D eigenvalue weighted by molar-refractivity contribution is 0.221. The molecule has 3 aromatic rings. The van der Waals surface area contributed by atoms with Gasteiger partial charge in [0, 0.05) is 17.6 Å². The molecule has 0 unspecified atom stereocenters. The molecule has 0 radical (unpaired) electrons. The Balaban J connectivity index is 1.60. The Morgan fingerprint density at radius 3 is 2.77 bits per heavy atom. The van der Waals surface area contributed by atoms with E-state index in [0.717, 1.165) is 12.1 Å². The maximum atomic E-state index is 4.45. The van der Waals surface area contributed by atoms with Gasteiger partial charge < -0.3 is 0 Å². The number of hydrogen-bond donors (Lipinski definition) is 0. The first-order valence-corrected chi connectivity index (χ1v) is 8.86. The molecular weight excluding hydrogens is 288 g/mol. The summed E-state index contributed by atoms with van der Waals surface area (Å²) < 4.78 is 1.26. The van der Waals surface area contributed by atoms with Gasteiger partial charge >= 0.3 is 0 Å². The summed E-state index contributed by atoms with van der Waals surface area (Å²) >= 11 is 1.83. The van der Waals surface area contributed by atoms with Crippen LogP contribution in [0.15, 0.2) is 48.7 Å². The molecule has 1 aromatic carbocycles. The van der Waals surface area contributed by atoms with Gasteiger partial charge in [-0.1, -0.05) is 24.6 Å². The quantitative estimate of drug-likeness (QED) is 0.680. The number of pyridine rings is 1. The lowest BCUT2D eigenvalue weighted by Gasteiger charge is -2.26. The van der Waals surface area contributed by atoms with Crippen LogP contribution in [0.25, 0.3) is 20.7 Å². The van der Waals surface area contributed by atoms with Crippen molar-refractivity contribution in [2.45, 2.75) is 25.8 Å². The molecule has 2 aromatic heterocycles. The third-order valence-electron chi connectivity index (χ3n) is 4.35. The number of fused-ring (bicyclic) bond motifs is 1. The van der Waals surface area contributed by atoms with E-state index in [0.29, 0.717) is 0 Å². The highest BCUT2D eigenvalue weighted by Crippen LogP contribution is 2.32. The third-order valence-corrected chi connectivity index (χ3v) is 5.49. The van der Waals surface area contributed by atoms with Gasteiger partial charge in [-0.25, -0.2) is 0 Å². The minimum atomic E-state index is 1.08. The number of piperidine rings is 1. The van der Waals surface area contributed by atoms with Crippen molar-refractivity contribution in [3.63, 3.8) is 0 Å².